The molecule has 0 aromatic carbocycles. The van der Waals surface area contributed by atoms with Crippen LogP contribution in [-0.2, 0) is 6.54 Å². The van der Waals surface area contributed by atoms with Crippen LogP contribution in [0.2, 0.25) is 0 Å². The van der Waals surface area contributed by atoms with Gasteiger partial charge >= 0.3 is 0 Å². The quantitative estimate of drug-likeness (QED) is 0.776. The molecular weight excluding hydrogens is 194 g/mol. The van der Waals surface area contributed by atoms with Crippen LogP contribution >= 0.6 is 0 Å². The monoisotopic (exact) mass is 204 g/mol. The third-order valence-electron chi connectivity index (χ3n) is 1.76. The second-order valence-electron chi connectivity index (χ2n) is 2.54. The topological polar surface area (TPSA) is 68.4 Å². The molecule has 6 heteroatoms. The average Bonchev–Trinajstić information content (AvgIpc) is 2.16. The summed E-state index contributed by atoms with van der Waals surface area (Å²) in [6.45, 7) is -0.102. The molecule has 3 N–H and O–H groups in total. The van der Waals surface area contributed by atoms with E-state index >= 15 is 0 Å². The lowest BCUT2D eigenvalue weighted by Gasteiger charge is -2.11. The van der Waals surface area contributed by atoms with E-state index in [9.17, 15) is 13.9 Å². The molecule has 0 aliphatic rings. The van der Waals surface area contributed by atoms with Crippen molar-refractivity contribution < 1.29 is 18.6 Å². The van der Waals surface area contributed by atoms with Crippen LogP contribution < -0.4 is 10.5 Å². The molecule has 0 aliphatic carbocycles. The second kappa shape index (κ2) is 4.19. The number of halogens is 2. The lowest BCUT2D eigenvalue weighted by atomic mass is 10.2. The smallest absolute Gasteiger partial charge is 0.271 e. The Morgan fingerprint density at radius 2 is 2.29 bits per heavy atom. The number of methoxy groups -OCH3 is 1. The Labute approximate surface area is 79.3 Å². The first-order chi connectivity index (χ1) is 6.61. The summed E-state index contributed by atoms with van der Waals surface area (Å²) >= 11 is 0. The molecule has 14 heavy (non-hydrogen) atoms. The summed E-state index contributed by atoms with van der Waals surface area (Å²) in [4.78, 5) is 3.68. The number of aromatic hydroxyl groups is 1. The van der Waals surface area contributed by atoms with Crippen molar-refractivity contribution in [3.05, 3.63) is 17.5 Å². The Morgan fingerprint density at radius 3 is 2.71 bits per heavy atom. The largest absolute Gasteiger partial charge is 0.505 e. The van der Waals surface area contributed by atoms with E-state index in [0.29, 0.717) is 0 Å². The normalized spacial score (nSPS) is 10.6. The molecule has 0 atom stereocenters. The molecule has 4 nitrogen and oxygen atoms in total. The Morgan fingerprint density at radius 1 is 1.64 bits per heavy atom. The fourth-order valence-corrected chi connectivity index (χ4v) is 1.06. The predicted molar refractivity (Wildman–Crippen MR) is 45.3 cm³/mol. The van der Waals surface area contributed by atoms with Crippen molar-refractivity contribution in [3.63, 3.8) is 0 Å². The number of ether oxygens (including phenoxy) is 1. The van der Waals surface area contributed by atoms with Gasteiger partial charge in [0, 0.05) is 6.54 Å². The van der Waals surface area contributed by atoms with Gasteiger partial charge in [-0.15, -0.1) is 0 Å². The van der Waals surface area contributed by atoms with Crippen LogP contribution in [-0.4, -0.2) is 17.2 Å². The number of pyridine rings is 1. The van der Waals surface area contributed by atoms with Gasteiger partial charge in [-0.3, -0.25) is 4.98 Å². The van der Waals surface area contributed by atoms with Gasteiger partial charge in [-0.25, -0.2) is 8.78 Å². The van der Waals surface area contributed by atoms with Crippen LogP contribution in [0, 0.1) is 0 Å². The third kappa shape index (κ3) is 1.74. The first-order valence-corrected chi connectivity index (χ1v) is 3.84. The van der Waals surface area contributed by atoms with Crippen LogP contribution in [0.5, 0.6) is 11.5 Å². The highest BCUT2D eigenvalue weighted by atomic mass is 19.3. The van der Waals surface area contributed by atoms with Crippen molar-refractivity contribution in [1.82, 2.24) is 4.98 Å². The van der Waals surface area contributed by atoms with E-state index in [1.807, 2.05) is 0 Å². The fraction of sp³-hybridized carbons (Fsp3) is 0.375. The van der Waals surface area contributed by atoms with Crippen molar-refractivity contribution in [2.75, 3.05) is 7.11 Å². The molecule has 0 saturated carbocycles. The minimum absolute atomic E-state index is 0.0288. The van der Waals surface area contributed by atoms with Gasteiger partial charge in [0.15, 0.2) is 5.75 Å². The first kappa shape index (κ1) is 10.6. The summed E-state index contributed by atoms with van der Waals surface area (Å²) in [6, 6.07) is 0. The SMILES string of the molecule is COc1cnc(CN)c(O)c1C(F)F. The van der Waals surface area contributed by atoms with E-state index in [4.69, 9.17) is 5.73 Å². The minimum Gasteiger partial charge on any atom is -0.505 e. The maximum Gasteiger partial charge on any atom is 0.271 e. The lowest BCUT2D eigenvalue weighted by molar-refractivity contribution is 0.142. The Hall–Kier alpha value is -1.43. The maximum absolute atomic E-state index is 12.5. The first-order valence-electron chi connectivity index (χ1n) is 3.84. The minimum atomic E-state index is -2.82. The summed E-state index contributed by atoms with van der Waals surface area (Å²) in [7, 11) is 1.23. The molecule has 1 aromatic rings. The molecule has 0 radical (unpaired) electrons. The van der Waals surface area contributed by atoms with Crippen LogP contribution in [0.25, 0.3) is 0 Å². The van der Waals surface area contributed by atoms with Crippen molar-refractivity contribution in [2.24, 2.45) is 5.73 Å². The van der Waals surface area contributed by atoms with Crippen molar-refractivity contribution in [2.45, 2.75) is 13.0 Å². The van der Waals surface area contributed by atoms with Gasteiger partial charge < -0.3 is 15.6 Å². The van der Waals surface area contributed by atoms with Crippen LogP contribution in [0.4, 0.5) is 8.78 Å². The molecule has 1 rings (SSSR count). The zero-order valence-electron chi connectivity index (χ0n) is 7.50. The van der Waals surface area contributed by atoms with Crippen LogP contribution in [0.3, 0.4) is 0 Å². The molecule has 1 heterocycles. The van der Waals surface area contributed by atoms with E-state index in [1.54, 1.807) is 0 Å². The average molecular weight is 204 g/mol. The van der Waals surface area contributed by atoms with Gasteiger partial charge in [-0.1, -0.05) is 0 Å². The molecule has 0 fully saturated rings. The number of aromatic nitrogens is 1. The van der Waals surface area contributed by atoms with Gasteiger partial charge in [0.1, 0.15) is 11.3 Å². The van der Waals surface area contributed by atoms with E-state index in [2.05, 4.69) is 9.72 Å². The van der Waals surface area contributed by atoms with E-state index in [1.165, 1.54) is 7.11 Å². The molecule has 0 amide bonds. The molecule has 78 valence electrons. The lowest BCUT2D eigenvalue weighted by Crippen LogP contribution is -2.04. The standard InChI is InChI=1S/C8H10F2N2O2/c1-14-5-3-12-4(2-11)7(13)6(5)8(9)10/h3,8,13H,2,11H2,1H3. The van der Waals surface area contributed by atoms with Gasteiger partial charge in [-0.05, 0) is 0 Å². The van der Waals surface area contributed by atoms with E-state index in [-0.39, 0.29) is 18.0 Å². The molecule has 0 unspecified atom stereocenters. The van der Waals surface area contributed by atoms with Crippen molar-refractivity contribution in [3.8, 4) is 11.5 Å². The highest BCUT2D eigenvalue weighted by Gasteiger charge is 2.21. The molecule has 0 saturated heterocycles. The fourth-order valence-electron chi connectivity index (χ4n) is 1.06. The molecule has 0 spiro atoms. The highest BCUT2D eigenvalue weighted by Crippen LogP contribution is 2.37. The summed E-state index contributed by atoms with van der Waals surface area (Å²) in [5, 5.41) is 9.37. The zero-order valence-corrected chi connectivity index (χ0v) is 7.50. The third-order valence-corrected chi connectivity index (χ3v) is 1.76. The van der Waals surface area contributed by atoms with Crippen molar-refractivity contribution >= 4 is 0 Å². The Balaban J connectivity index is 3.31. The van der Waals surface area contributed by atoms with Gasteiger partial charge in [-0.2, -0.15) is 0 Å². The number of hydrogen-bond acceptors (Lipinski definition) is 4. The number of hydrogen-bond donors (Lipinski definition) is 2. The highest BCUT2D eigenvalue weighted by molar-refractivity contribution is 5.45. The summed E-state index contributed by atoms with van der Waals surface area (Å²) in [5.74, 6) is -0.739. The number of rotatable bonds is 3. The predicted octanol–water partition coefficient (Wildman–Crippen LogP) is 1.19. The van der Waals surface area contributed by atoms with Gasteiger partial charge in [0.25, 0.3) is 6.43 Å². The van der Waals surface area contributed by atoms with E-state index < -0.39 is 17.7 Å². The van der Waals surface area contributed by atoms with Crippen molar-refractivity contribution in [1.29, 1.82) is 0 Å². The maximum atomic E-state index is 12.5. The molecular formula is C8H10F2N2O2. The molecule has 0 aliphatic heterocycles. The molecule has 0 bridgehead atoms. The Kier molecular flexibility index (Phi) is 3.19. The molecule has 1 aromatic heterocycles. The number of nitrogens with two attached hydrogens (primary N) is 1. The van der Waals surface area contributed by atoms with Gasteiger partial charge in [0.2, 0.25) is 0 Å². The number of nitrogens with zero attached hydrogens (tertiary/aromatic N) is 1. The zero-order chi connectivity index (χ0) is 10.7. The Bertz CT molecular complexity index is 331. The number of alkyl halides is 2. The summed E-state index contributed by atoms with van der Waals surface area (Å²) in [5.41, 5.74) is 4.67. The summed E-state index contributed by atoms with van der Waals surface area (Å²) < 4.78 is 29.6. The second-order valence-corrected chi connectivity index (χ2v) is 2.54. The van der Waals surface area contributed by atoms with Crippen LogP contribution in [0.15, 0.2) is 6.20 Å². The van der Waals surface area contributed by atoms with Crippen LogP contribution in [0.1, 0.15) is 17.7 Å². The van der Waals surface area contributed by atoms with Gasteiger partial charge in [0.05, 0.1) is 19.0 Å². The van der Waals surface area contributed by atoms with E-state index in [0.717, 1.165) is 6.20 Å². The summed E-state index contributed by atoms with van der Waals surface area (Å²) in [6.07, 6.45) is -1.71.